The van der Waals surface area contributed by atoms with Crippen LogP contribution in [0.1, 0.15) is 28.4 Å². The van der Waals surface area contributed by atoms with Crippen molar-refractivity contribution in [3.63, 3.8) is 0 Å². The molecule has 1 aliphatic rings. The number of amides is 1. The molecule has 27 heavy (non-hydrogen) atoms. The fraction of sp³-hybridized carbons (Fsp3) is 0.182. The molecule has 1 atom stereocenters. The van der Waals surface area contributed by atoms with Crippen molar-refractivity contribution in [3.05, 3.63) is 82.6 Å². The third kappa shape index (κ3) is 3.40. The van der Waals surface area contributed by atoms with Crippen molar-refractivity contribution >= 4 is 34.6 Å². The van der Waals surface area contributed by atoms with Crippen molar-refractivity contribution < 1.29 is 4.79 Å². The Kier molecular flexibility index (Phi) is 4.58. The minimum absolute atomic E-state index is 0.0365. The van der Waals surface area contributed by atoms with Crippen molar-refractivity contribution in [1.29, 1.82) is 0 Å². The number of para-hydroxylation sites is 1. The van der Waals surface area contributed by atoms with Crippen LogP contribution in [0.5, 0.6) is 0 Å². The second-order valence-electron chi connectivity index (χ2n) is 6.91. The van der Waals surface area contributed by atoms with Crippen LogP contribution in [-0.4, -0.2) is 16.9 Å². The van der Waals surface area contributed by atoms with Crippen LogP contribution in [0, 0.1) is 6.92 Å². The Hall–Kier alpha value is -2.85. The number of hydrogen-bond acceptors (Lipinski definition) is 3. The van der Waals surface area contributed by atoms with E-state index < -0.39 is 0 Å². The zero-order valence-corrected chi connectivity index (χ0v) is 16.0. The lowest BCUT2D eigenvalue weighted by Crippen LogP contribution is -2.35. The van der Waals surface area contributed by atoms with Gasteiger partial charge in [-0.2, -0.15) is 0 Å². The molecule has 1 N–H and O–H groups in total. The Bertz CT molecular complexity index is 1020. The highest BCUT2D eigenvalue weighted by Crippen LogP contribution is 2.33. The minimum Gasteiger partial charge on any atom is -0.354 e. The van der Waals surface area contributed by atoms with Gasteiger partial charge >= 0.3 is 0 Å². The molecule has 2 heterocycles. The molecule has 3 aromatic rings. The predicted molar refractivity (Wildman–Crippen MR) is 110 cm³/mol. The Morgan fingerprint density at radius 3 is 2.78 bits per heavy atom. The van der Waals surface area contributed by atoms with E-state index >= 15 is 0 Å². The number of nitrogens with zero attached hydrogens (tertiary/aromatic N) is 2. The first-order chi connectivity index (χ1) is 13.0. The average molecular weight is 378 g/mol. The lowest BCUT2D eigenvalue weighted by molar-refractivity contribution is 0.0981. The molecule has 0 radical (unpaired) electrons. The van der Waals surface area contributed by atoms with Gasteiger partial charge in [0.15, 0.2) is 0 Å². The van der Waals surface area contributed by atoms with E-state index in [2.05, 4.69) is 23.3 Å². The van der Waals surface area contributed by atoms with Gasteiger partial charge in [-0.15, -0.1) is 0 Å². The highest BCUT2D eigenvalue weighted by molar-refractivity contribution is 6.31. The number of halogens is 1. The SMILES string of the molecule is Cc1ccc(Nc2cncc(C(=O)N3c4ccccc4CC3C)c2)cc1Cl. The number of carbonyl (C=O) groups is 1. The van der Waals surface area contributed by atoms with Gasteiger partial charge in [-0.05, 0) is 55.7 Å². The molecule has 5 heteroatoms. The maximum Gasteiger partial charge on any atom is 0.260 e. The van der Waals surface area contributed by atoms with Gasteiger partial charge in [0.25, 0.3) is 5.91 Å². The fourth-order valence-corrected chi connectivity index (χ4v) is 3.66. The molecule has 1 unspecified atom stereocenters. The number of aryl methyl sites for hydroxylation is 1. The van der Waals surface area contributed by atoms with Gasteiger partial charge in [0.2, 0.25) is 0 Å². The highest BCUT2D eigenvalue weighted by atomic mass is 35.5. The van der Waals surface area contributed by atoms with Gasteiger partial charge in [0.1, 0.15) is 0 Å². The van der Waals surface area contributed by atoms with E-state index in [9.17, 15) is 4.79 Å². The van der Waals surface area contributed by atoms with Crippen LogP contribution >= 0.6 is 11.6 Å². The first-order valence-corrected chi connectivity index (χ1v) is 9.30. The molecule has 0 aliphatic carbocycles. The van der Waals surface area contributed by atoms with Crippen LogP contribution in [-0.2, 0) is 6.42 Å². The van der Waals surface area contributed by atoms with Crippen LogP contribution in [0.3, 0.4) is 0 Å². The summed E-state index contributed by atoms with van der Waals surface area (Å²) >= 11 is 6.20. The number of pyridine rings is 1. The van der Waals surface area contributed by atoms with E-state index in [1.165, 1.54) is 5.56 Å². The molecule has 2 aromatic carbocycles. The summed E-state index contributed by atoms with van der Waals surface area (Å²) in [4.78, 5) is 19.3. The van der Waals surface area contributed by atoms with Crippen molar-refractivity contribution in [3.8, 4) is 0 Å². The third-order valence-corrected chi connectivity index (χ3v) is 5.28. The Balaban J connectivity index is 1.60. The number of rotatable bonds is 3. The summed E-state index contributed by atoms with van der Waals surface area (Å²) in [6.07, 6.45) is 4.18. The molecule has 1 aliphatic heterocycles. The summed E-state index contributed by atoms with van der Waals surface area (Å²) in [7, 11) is 0. The number of nitrogens with one attached hydrogen (secondary N) is 1. The number of hydrogen-bond donors (Lipinski definition) is 1. The number of anilines is 3. The molecule has 1 amide bonds. The first-order valence-electron chi connectivity index (χ1n) is 8.92. The summed E-state index contributed by atoms with van der Waals surface area (Å²) in [5.41, 5.74) is 5.37. The van der Waals surface area contributed by atoms with Crippen LogP contribution in [0.15, 0.2) is 60.9 Å². The van der Waals surface area contributed by atoms with Crippen molar-refractivity contribution in [1.82, 2.24) is 4.98 Å². The fourth-order valence-electron chi connectivity index (χ4n) is 3.48. The quantitative estimate of drug-likeness (QED) is 0.666. The van der Waals surface area contributed by atoms with Crippen LogP contribution in [0.2, 0.25) is 5.02 Å². The molecule has 0 spiro atoms. The average Bonchev–Trinajstić information content (AvgIpc) is 3.00. The summed E-state index contributed by atoms with van der Waals surface area (Å²) in [6.45, 7) is 4.03. The summed E-state index contributed by atoms with van der Waals surface area (Å²) in [5.74, 6) is -0.0365. The molecule has 1 aromatic heterocycles. The Morgan fingerprint density at radius 2 is 1.96 bits per heavy atom. The molecule has 4 rings (SSSR count). The van der Waals surface area contributed by atoms with Crippen LogP contribution in [0.25, 0.3) is 0 Å². The number of carbonyl (C=O) groups excluding carboxylic acids is 1. The van der Waals surface area contributed by atoms with E-state index in [4.69, 9.17) is 11.6 Å². The second kappa shape index (κ2) is 7.05. The standard InChI is InChI=1S/C22H20ClN3O/c1-14-7-8-18(11-20(14)23)25-19-10-17(12-24-13-19)22(27)26-15(2)9-16-5-3-4-6-21(16)26/h3-8,10-13,15,25H,9H2,1-2H3. The molecule has 4 nitrogen and oxygen atoms in total. The molecular weight excluding hydrogens is 358 g/mol. The summed E-state index contributed by atoms with van der Waals surface area (Å²) in [6, 6.07) is 15.8. The topological polar surface area (TPSA) is 45.2 Å². The molecule has 0 saturated carbocycles. The monoisotopic (exact) mass is 377 g/mol. The lowest BCUT2D eigenvalue weighted by Gasteiger charge is -2.23. The normalized spacial score (nSPS) is 15.5. The third-order valence-electron chi connectivity index (χ3n) is 4.87. The maximum atomic E-state index is 13.2. The molecule has 136 valence electrons. The Labute approximate surface area is 163 Å². The summed E-state index contributed by atoms with van der Waals surface area (Å²) in [5, 5.41) is 3.97. The Morgan fingerprint density at radius 1 is 1.15 bits per heavy atom. The van der Waals surface area contributed by atoms with Gasteiger partial charge in [-0.3, -0.25) is 9.78 Å². The van der Waals surface area contributed by atoms with Gasteiger partial charge in [0.05, 0.1) is 17.4 Å². The second-order valence-corrected chi connectivity index (χ2v) is 7.32. The van der Waals surface area contributed by atoms with Crippen molar-refractivity contribution in [2.24, 2.45) is 0 Å². The van der Waals surface area contributed by atoms with E-state index in [-0.39, 0.29) is 11.9 Å². The predicted octanol–water partition coefficient (Wildman–Crippen LogP) is 5.38. The maximum absolute atomic E-state index is 13.2. The number of fused-ring (bicyclic) bond motifs is 1. The van der Waals surface area contributed by atoms with E-state index in [1.807, 2.05) is 54.3 Å². The molecule has 0 fully saturated rings. The number of aromatic nitrogens is 1. The smallest absolute Gasteiger partial charge is 0.260 e. The van der Waals surface area contributed by atoms with Crippen LogP contribution in [0.4, 0.5) is 17.1 Å². The van der Waals surface area contributed by atoms with Gasteiger partial charge < -0.3 is 10.2 Å². The van der Waals surface area contributed by atoms with Gasteiger partial charge in [-0.25, -0.2) is 0 Å². The van der Waals surface area contributed by atoms with Gasteiger partial charge in [-0.1, -0.05) is 35.9 Å². The lowest BCUT2D eigenvalue weighted by atomic mass is 10.1. The molecule has 0 bridgehead atoms. The van der Waals surface area contributed by atoms with Crippen molar-refractivity contribution in [2.45, 2.75) is 26.3 Å². The van der Waals surface area contributed by atoms with E-state index in [0.717, 1.165) is 29.0 Å². The molecule has 0 saturated heterocycles. The largest absolute Gasteiger partial charge is 0.354 e. The first kappa shape index (κ1) is 17.6. The van der Waals surface area contributed by atoms with Crippen molar-refractivity contribution in [2.75, 3.05) is 10.2 Å². The van der Waals surface area contributed by atoms with E-state index in [1.54, 1.807) is 12.4 Å². The number of benzene rings is 2. The van der Waals surface area contributed by atoms with Crippen LogP contribution < -0.4 is 10.2 Å². The van der Waals surface area contributed by atoms with Gasteiger partial charge in [0, 0.05) is 28.6 Å². The zero-order chi connectivity index (χ0) is 19.0. The zero-order valence-electron chi connectivity index (χ0n) is 15.2. The minimum atomic E-state index is -0.0365. The highest BCUT2D eigenvalue weighted by Gasteiger charge is 2.31. The summed E-state index contributed by atoms with van der Waals surface area (Å²) < 4.78 is 0. The van der Waals surface area contributed by atoms with E-state index in [0.29, 0.717) is 10.6 Å². The molecular formula is C22H20ClN3O.